The van der Waals surface area contributed by atoms with E-state index in [1.807, 2.05) is 0 Å². The van der Waals surface area contributed by atoms with Crippen LogP contribution < -0.4 is 50.9 Å². The third-order valence-electron chi connectivity index (χ3n) is 1.45. The topological polar surface area (TPSA) is 239 Å². The summed E-state index contributed by atoms with van der Waals surface area (Å²) in [5.74, 6) is -4.01. The normalized spacial score (nSPS) is 8.60. The van der Waals surface area contributed by atoms with E-state index in [4.69, 9.17) is 26.5 Å². The standard InChI is InChI=1S/C4H4N6O5.CH2O3.Na/c5-1-3(9(12)13)7-4(10(14)15)2(6)8(1)11;2-1(3)4;/h5-6H2;(H2,2,3,4);/q;;+1/p-1. The van der Waals surface area contributed by atoms with Gasteiger partial charge >= 0.3 is 52.8 Å². The Kier molecular flexibility index (Phi) is 7.82. The molecule has 0 fully saturated rings. The number of carboxylic acid groups (broad SMARTS) is 2. The largest absolute Gasteiger partial charge is 1.00 e. The first-order chi connectivity index (χ1) is 8.59. The van der Waals surface area contributed by atoms with Gasteiger partial charge in [-0.3, -0.25) is 0 Å². The van der Waals surface area contributed by atoms with E-state index in [1.54, 1.807) is 0 Å². The van der Waals surface area contributed by atoms with Crippen molar-refractivity contribution in [2.75, 3.05) is 11.5 Å². The summed E-state index contributed by atoms with van der Waals surface area (Å²) in [5, 5.41) is 47.0. The molecule has 0 amide bonds. The number of nitro groups is 2. The Labute approximate surface area is 130 Å². The second-order valence-corrected chi connectivity index (χ2v) is 2.60. The minimum atomic E-state index is -2.08. The second-order valence-electron chi connectivity index (χ2n) is 2.60. The molecule has 0 aliphatic heterocycles. The molecule has 0 aliphatic carbocycles. The monoisotopic (exact) mass is 300 g/mol. The summed E-state index contributed by atoms with van der Waals surface area (Å²) in [6.45, 7) is 0. The van der Waals surface area contributed by atoms with Gasteiger partial charge in [0.05, 0.1) is 0 Å². The van der Waals surface area contributed by atoms with E-state index in [1.165, 1.54) is 0 Å². The van der Waals surface area contributed by atoms with Crippen molar-refractivity contribution in [2.45, 2.75) is 0 Å². The Morgan fingerprint density at radius 1 is 1.15 bits per heavy atom. The second kappa shape index (κ2) is 7.87. The van der Waals surface area contributed by atoms with Gasteiger partial charge in [-0.05, 0) is 9.85 Å². The predicted molar refractivity (Wildman–Crippen MR) is 53.4 cm³/mol. The number of nitrogen functional groups attached to an aromatic ring is 2. The van der Waals surface area contributed by atoms with Crippen molar-refractivity contribution in [3.8, 4) is 0 Å². The zero-order valence-corrected chi connectivity index (χ0v) is 11.7. The number of nitrogens with zero attached hydrogens (tertiary/aromatic N) is 4. The smallest absolute Gasteiger partial charge is 0.739 e. The summed E-state index contributed by atoms with van der Waals surface area (Å²) in [7, 11) is 0. The number of nitrogens with two attached hydrogens (primary N) is 2. The van der Waals surface area contributed by atoms with Crippen LogP contribution in [0.25, 0.3) is 0 Å². The van der Waals surface area contributed by atoms with Crippen LogP contribution in [0.1, 0.15) is 0 Å². The van der Waals surface area contributed by atoms with Crippen LogP contribution in [-0.4, -0.2) is 26.1 Å². The SMILES string of the molecule is Nc1c([N+](=O)[O-])nc([N+](=O)[O-])c(N)[n+]1[O-].O=C([O-])O.[Na+]. The molecule has 20 heavy (non-hydrogen) atoms. The first kappa shape index (κ1) is 19.9. The van der Waals surface area contributed by atoms with Gasteiger partial charge in [-0.1, -0.05) is 0 Å². The molecule has 104 valence electrons. The minimum absolute atomic E-state index is 0. The van der Waals surface area contributed by atoms with E-state index in [2.05, 4.69) is 4.98 Å². The molecule has 1 rings (SSSR count). The average molecular weight is 300 g/mol. The Morgan fingerprint density at radius 2 is 1.40 bits per heavy atom. The number of rotatable bonds is 2. The fourth-order valence-electron chi connectivity index (χ4n) is 0.795. The van der Waals surface area contributed by atoms with Gasteiger partial charge in [0.1, 0.15) is 0 Å². The zero-order chi connectivity index (χ0) is 15.3. The van der Waals surface area contributed by atoms with E-state index in [0.29, 0.717) is 0 Å². The molecule has 15 heteroatoms. The van der Waals surface area contributed by atoms with Crippen LogP contribution >= 0.6 is 0 Å². The molecule has 0 saturated heterocycles. The molecule has 1 aromatic rings. The maximum absolute atomic E-state index is 11.0. The van der Waals surface area contributed by atoms with Crippen LogP contribution in [0, 0.1) is 25.4 Å². The maximum Gasteiger partial charge on any atom is 1.00 e. The fraction of sp³-hybridized carbons (Fsp3) is 0. The van der Waals surface area contributed by atoms with Gasteiger partial charge in [-0.25, -0.2) is 4.73 Å². The van der Waals surface area contributed by atoms with Gasteiger partial charge in [0.2, 0.25) is 6.16 Å². The number of anilines is 2. The van der Waals surface area contributed by atoms with Crippen molar-refractivity contribution < 1.29 is 59.1 Å². The Morgan fingerprint density at radius 3 is 1.60 bits per heavy atom. The number of hydrogen-bond donors (Lipinski definition) is 3. The van der Waals surface area contributed by atoms with E-state index in [0.717, 1.165) is 0 Å². The predicted octanol–water partition coefficient (Wildman–Crippen LogP) is -5.41. The molecule has 0 spiro atoms. The number of aromatic nitrogens is 2. The summed E-state index contributed by atoms with van der Waals surface area (Å²) < 4.78 is -0.316. The van der Waals surface area contributed by atoms with Gasteiger partial charge < -0.3 is 51.9 Å². The van der Waals surface area contributed by atoms with Crippen LogP contribution in [0.5, 0.6) is 0 Å². The van der Waals surface area contributed by atoms with Crippen molar-refractivity contribution >= 4 is 29.4 Å². The summed E-state index contributed by atoms with van der Waals surface area (Å²) in [4.78, 5) is 29.8. The van der Waals surface area contributed by atoms with Crippen molar-refractivity contribution in [3.63, 3.8) is 0 Å². The summed E-state index contributed by atoms with van der Waals surface area (Å²) in [6.07, 6.45) is -2.08. The van der Waals surface area contributed by atoms with Crippen LogP contribution in [0.15, 0.2) is 0 Å². The van der Waals surface area contributed by atoms with Gasteiger partial charge in [0.25, 0.3) is 0 Å². The Hall–Kier alpha value is -2.45. The molecule has 0 bridgehead atoms. The number of carbonyl (C=O) groups is 1. The van der Waals surface area contributed by atoms with Crippen LogP contribution in [0.3, 0.4) is 0 Å². The maximum atomic E-state index is 11.0. The average Bonchev–Trinajstić information content (AvgIpc) is 2.24. The summed E-state index contributed by atoms with van der Waals surface area (Å²) in [6, 6.07) is 0. The molecular weight excluding hydrogens is 295 g/mol. The molecule has 0 aliphatic rings. The first-order valence-corrected chi connectivity index (χ1v) is 3.96. The van der Waals surface area contributed by atoms with Crippen LogP contribution in [0.4, 0.5) is 28.1 Å². The van der Waals surface area contributed by atoms with Gasteiger partial charge in [0, 0.05) is 4.98 Å². The van der Waals surface area contributed by atoms with Gasteiger partial charge in [-0.2, -0.15) is 0 Å². The zero-order valence-electron chi connectivity index (χ0n) is 9.75. The molecular formula is C5H5N6NaO8. The molecule has 0 aromatic carbocycles. The van der Waals surface area contributed by atoms with E-state index < -0.39 is 39.3 Å². The third-order valence-corrected chi connectivity index (χ3v) is 1.45. The van der Waals surface area contributed by atoms with Gasteiger partial charge in [0.15, 0.2) is 0 Å². The Bertz CT molecular complexity index is 506. The molecule has 1 aromatic heterocycles. The molecule has 0 atom stereocenters. The van der Waals surface area contributed by atoms with E-state index >= 15 is 0 Å². The molecule has 0 radical (unpaired) electrons. The van der Waals surface area contributed by atoms with E-state index in [9.17, 15) is 25.4 Å². The van der Waals surface area contributed by atoms with Gasteiger partial charge in [-0.15, -0.1) is 0 Å². The minimum Gasteiger partial charge on any atom is -0.739 e. The van der Waals surface area contributed by atoms with Crippen molar-refractivity contribution in [1.82, 2.24) is 4.98 Å². The quantitative estimate of drug-likeness (QED) is 0.153. The van der Waals surface area contributed by atoms with Crippen LogP contribution in [0.2, 0.25) is 0 Å². The molecule has 14 nitrogen and oxygen atoms in total. The van der Waals surface area contributed by atoms with Crippen molar-refractivity contribution in [2.24, 2.45) is 0 Å². The molecule has 0 saturated carbocycles. The summed E-state index contributed by atoms with van der Waals surface area (Å²) in [5.41, 5.74) is 9.99. The number of hydrogen-bond acceptors (Lipinski definition) is 10. The first-order valence-electron chi connectivity index (χ1n) is 3.96. The molecule has 0 unspecified atom stereocenters. The molecule has 5 N–H and O–H groups in total. The third kappa shape index (κ3) is 5.04. The van der Waals surface area contributed by atoms with Crippen LogP contribution in [-0.2, 0) is 0 Å². The Balaban J connectivity index is 0. The van der Waals surface area contributed by atoms with Crippen molar-refractivity contribution in [1.29, 1.82) is 0 Å². The summed E-state index contributed by atoms with van der Waals surface area (Å²) >= 11 is 0. The van der Waals surface area contributed by atoms with E-state index in [-0.39, 0.29) is 34.3 Å². The fourth-order valence-corrected chi connectivity index (χ4v) is 0.795. The van der Waals surface area contributed by atoms with Crippen molar-refractivity contribution in [3.05, 3.63) is 25.4 Å². The molecule has 1 heterocycles.